The number of pyridine rings is 1. The van der Waals surface area contributed by atoms with Crippen LogP contribution in [0, 0.1) is 6.92 Å². The second kappa shape index (κ2) is 8.38. The van der Waals surface area contributed by atoms with E-state index in [4.69, 9.17) is 9.26 Å². The lowest BCUT2D eigenvalue weighted by Crippen LogP contribution is -2.38. The molecule has 8 heteroatoms. The number of aromatic nitrogens is 2. The Morgan fingerprint density at radius 3 is 2.60 bits per heavy atom. The van der Waals surface area contributed by atoms with Crippen LogP contribution >= 0.6 is 0 Å². The molecule has 158 valence electrons. The maximum absolute atomic E-state index is 13.6. The van der Waals surface area contributed by atoms with Gasteiger partial charge in [0.2, 0.25) is 5.91 Å². The molecule has 1 saturated heterocycles. The molecule has 1 amide bonds. The van der Waals surface area contributed by atoms with E-state index in [1.54, 1.807) is 14.0 Å². The summed E-state index contributed by atoms with van der Waals surface area (Å²) in [4.78, 5) is 18.9. The molecule has 6 nitrogen and oxygen atoms in total. The Kier molecular flexibility index (Phi) is 5.65. The van der Waals surface area contributed by atoms with Crippen molar-refractivity contribution < 1.29 is 22.8 Å². The minimum absolute atomic E-state index is 0.00217. The zero-order valence-corrected chi connectivity index (χ0v) is 16.9. The van der Waals surface area contributed by atoms with Crippen LogP contribution in [0.3, 0.4) is 0 Å². The van der Waals surface area contributed by atoms with Crippen LogP contribution in [-0.2, 0) is 11.2 Å². The summed E-state index contributed by atoms with van der Waals surface area (Å²) >= 11 is 0. The van der Waals surface area contributed by atoms with Gasteiger partial charge in [-0.15, -0.1) is 0 Å². The van der Waals surface area contributed by atoms with E-state index in [0.29, 0.717) is 49.1 Å². The summed E-state index contributed by atoms with van der Waals surface area (Å²) in [5.41, 5.74) is 1.98. The number of carbonyl (C=O) groups excluding carboxylic acids is 1. The molecule has 0 unspecified atom stereocenters. The molecule has 0 atom stereocenters. The van der Waals surface area contributed by atoms with Gasteiger partial charge >= 0.3 is 0 Å². The second-order valence-corrected chi connectivity index (χ2v) is 7.57. The molecule has 0 spiro atoms. The van der Waals surface area contributed by atoms with Crippen LogP contribution in [0.15, 0.2) is 34.9 Å². The monoisotopic (exact) mass is 415 g/mol. The number of piperidine rings is 1. The number of likely N-dealkylation sites (tertiary alicyclic amines) is 1. The first kappa shape index (κ1) is 20.3. The van der Waals surface area contributed by atoms with E-state index in [0.717, 1.165) is 11.3 Å². The normalized spacial score (nSPS) is 15.2. The number of rotatable bonds is 5. The Hall–Kier alpha value is -3.03. The van der Waals surface area contributed by atoms with Gasteiger partial charge in [0.15, 0.2) is 0 Å². The van der Waals surface area contributed by atoms with Gasteiger partial charge in [-0.3, -0.25) is 4.79 Å². The SMILES string of the molecule is COc1ccc(CC(=O)N2CCC(c3cc(C(F)F)c4c(C)noc4n3)CC2)cc1. The predicted octanol–water partition coefficient (Wildman–Crippen LogP) is 4.43. The minimum atomic E-state index is -2.63. The summed E-state index contributed by atoms with van der Waals surface area (Å²) in [5.74, 6) is 0.810. The average Bonchev–Trinajstić information content (AvgIpc) is 3.14. The molecule has 4 rings (SSSR count). The van der Waals surface area contributed by atoms with E-state index in [-0.39, 0.29) is 23.1 Å². The minimum Gasteiger partial charge on any atom is -0.497 e. The lowest BCUT2D eigenvalue weighted by atomic mass is 9.91. The molecule has 1 aliphatic rings. The van der Waals surface area contributed by atoms with Crippen molar-refractivity contribution in [1.29, 1.82) is 0 Å². The Morgan fingerprint density at radius 2 is 1.97 bits per heavy atom. The van der Waals surface area contributed by atoms with E-state index in [9.17, 15) is 13.6 Å². The van der Waals surface area contributed by atoms with Crippen LogP contribution < -0.4 is 4.74 Å². The molecule has 30 heavy (non-hydrogen) atoms. The Bertz CT molecular complexity index is 1040. The summed E-state index contributed by atoms with van der Waals surface area (Å²) < 4.78 is 37.4. The quantitative estimate of drug-likeness (QED) is 0.617. The maximum atomic E-state index is 13.6. The molecule has 0 radical (unpaired) electrons. The highest BCUT2D eigenvalue weighted by molar-refractivity contribution is 5.80. The summed E-state index contributed by atoms with van der Waals surface area (Å²) in [6.45, 7) is 2.77. The third-order valence-electron chi connectivity index (χ3n) is 5.68. The van der Waals surface area contributed by atoms with Crippen molar-refractivity contribution in [2.45, 2.75) is 38.5 Å². The first-order chi connectivity index (χ1) is 14.5. The summed E-state index contributed by atoms with van der Waals surface area (Å²) in [7, 11) is 1.60. The highest BCUT2D eigenvalue weighted by Crippen LogP contribution is 2.34. The highest BCUT2D eigenvalue weighted by Gasteiger charge is 2.27. The van der Waals surface area contributed by atoms with Crippen LogP contribution in [0.25, 0.3) is 11.1 Å². The molecule has 0 N–H and O–H groups in total. The zero-order chi connectivity index (χ0) is 21.3. The molecule has 3 aromatic rings. The number of alkyl halides is 2. The summed E-state index contributed by atoms with van der Waals surface area (Å²) in [6, 6.07) is 8.91. The van der Waals surface area contributed by atoms with Crippen molar-refractivity contribution in [3.8, 4) is 5.75 Å². The van der Waals surface area contributed by atoms with Crippen molar-refractivity contribution in [1.82, 2.24) is 15.0 Å². The average molecular weight is 415 g/mol. The van der Waals surface area contributed by atoms with Crippen molar-refractivity contribution in [3.63, 3.8) is 0 Å². The standard InChI is InChI=1S/C22H23F2N3O3/c1-13-20-17(21(23)24)12-18(25-22(20)30-26-13)15-7-9-27(10-8-15)19(28)11-14-3-5-16(29-2)6-4-14/h3-6,12,15,21H,7-11H2,1-2H3. The van der Waals surface area contributed by atoms with Crippen LogP contribution in [0.1, 0.15) is 47.7 Å². The summed E-state index contributed by atoms with van der Waals surface area (Å²) in [6.07, 6.45) is -0.963. The molecule has 2 aromatic heterocycles. The van der Waals surface area contributed by atoms with Gasteiger partial charge in [0.1, 0.15) is 5.75 Å². The van der Waals surface area contributed by atoms with E-state index in [2.05, 4.69) is 10.1 Å². The molecule has 1 fully saturated rings. The fourth-order valence-corrected chi connectivity index (χ4v) is 3.98. The molecule has 1 aromatic carbocycles. The fourth-order valence-electron chi connectivity index (χ4n) is 3.98. The van der Waals surface area contributed by atoms with E-state index in [1.807, 2.05) is 29.2 Å². The number of fused-ring (bicyclic) bond motifs is 1. The predicted molar refractivity (Wildman–Crippen MR) is 107 cm³/mol. The van der Waals surface area contributed by atoms with Crippen LogP contribution in [0.2, 0.25) is 0 Å². The van der Waals surface area contributed by atoms with Crippen molar-refractivity contribution >= 4 is 17.0 Å². The van der Waals surface area contributed by atoms with Gasteiger partial charge in [-0.2, -0.15) is 0 Å². The summed E-state index contributed by atoms with van der Waals surface area (Å²) in [5, 5.41) is 4.07. The van der Waals surface area contributed by atoms with E-state index < -0.39 is 6.43 Å². The lowest BCUT2D eigenvalue weighted by Gasteiger charge is -2.32. The van der Waals surface area contributed by atoms with Gasteiger partial charge in [0.25, 0.3) is 12.1 Å². The molecule has 0 bridgehead atoms. The third kappa shape index (κ3) is 3.99. The number of methoxy groups -OCH3 is 1. The molecule has 3 heterocycles. The van der Waals surface area contributed by atoms with E-state index >= 15 is 0 Å². The second-order valence-electron chi connectivity index (χ2n) is 7.57. The molecular weight excluding hydrogens is 392 g/mol. The Balaban J connectivity index is 1.43. The molecule has 1 aliphatic heterocycles. The first-order valence-corrected chi connectivity index (χ1v) is 9.92. The van der Waals surface area contributed by atoms with Crippen molar-refractivity contribution in [2.24, 2.45) is 0 Å². The number of hydrogen-bond donors (Lipinski definition) is 0. The number of carbonyl (C=O) groups is 1. The first-order valence-electron chi connectivity index (χ1n) is 9.92. The van der Waals surface area contributed by atoms with Gasteiger partial charge in [0, 0.05) is 30.3 Å². The van der Waals surface area contributed by atoms with Crippen LogP contribution in [0.4, 0.5) is 8.78 Å². The maximum Gasteiger partial charge on any atom is 0.264 e. The number of amides is 1. The number of halogens is 2. The number of hydrogen-bond acceptors (Lipinski definition) is 5. The highest BCUT2D eigenvalue weighted by atomic mass is 19.3. The van der Waals surface area contributed by atoms with Crippen LogP contribution in [0.5, 0.6) is 5.75 Å². The topological polar surface area (TPSA) is 68.5 Å². The lowest BCUT2D eigenvalue weighted by molar-refractivity contribution is -0.131. The third-order valence-corrected chi connectivity index (χ3v) is 5.68. The van der Waals surface area contributed by atoms with Gasteiger partial charge in [-0.25, -0.2) is 13.8 Å². The fraction of sp³-hybridized carbons (Fsp3) is 0.409. The van der Waals surface area contributed by atoms with E-state index in [1.165, 1.54) is 6.07 Å². The van der Waals surface area contributed by atoms with Gasteiger partial charge in [-0.05, 0) is 43.5 Å². The molecular formula is C22H23F2N3O3. The number of nitrogens with zero attached hydrogens (tertiary/aromatic N) is 3. The van der Waals surface area contributed by atoms with Crippen LogP contribution in [-0.4, -0.2) is 41.1 Å². The molecule has 0 saturated carbocycles. The number of ether oxygens (including phenoxy) is 1. The number of aryl methyl sites for hydroxylation is 1. The Morgan fingerprint density at radius 1 is 1.27 bits per heavy atom. The largest absolute Gasteiger partial charge is 0.497 e. The van der Waals surface area contributed by atoms with Gasteiger partial charge in [0.05, 0.1) is 24.6 Å². The van der Waals surface area contributed by atoms with Crippen molar-refractivity contribution in [2.75, 3.05) is 20.2 Å². The van der Waals surface area contributed by atoms with Gasteiger partial charge in [-0.1, -0.05) is 17.3 Å². The van der Waals surface area contributed by atoms with Crippen molar-refractivity contribution in [3.05, 3.63) is 52.8 Å². The smallest absolute Gasteiger partial charge is 0.264 e. The molecule has 0 aliphatic carbocycles. The van der Waals surface area contributed by atoms with Gasteiger partial charge < -0.3 is 14.2 Å². The Labute approximate surface area is 172 Å². The zero-order valence-electron chi connectivity index (χ0n) is 16.9. The number of benzene rings is 1.